The van der Waals surface area contributed by atoms with Gasteiger partial charge in [-0.25, -0.2) is 4.79 Å². The zero-order valence-corrected chi connectivity index (χ0v) is 18.3. The number of anilines is 1. The molecule has 2 aromatic rings. The molecule has 0 bridgehead atoms. The average molecular weight is 423 g/mol. The molecule has 2 aromatic carbocycles. The maximum absolute atomic E-state index is 12.7. The van der Waals surface area contributed by atoms with Crippen LogP contribution in [0.5, 0.6) is 17.2 Å². The second-order valence-electron chi connectivity index (χ2n) is 7.38. The Morgan fingerprint density at radius 2 is 1.84 bits per heavy atom. The second-order valence-corrected chi connectivity index (χ2v) is 7.38. The Bertz CT molecular complexity index is 908. The van der Waals surface area contributed by atoms with Crippen LogP contribution in [0.1, 0.15) is 12.0 Å². The van der Waals surface area contributed by atoms with E-state index >= 15 is 0 Å². The standard InChI is InChI=1S/C25H30N2O4/c1-4-15-26(2)16-5-6-18-30-23-13-14-24-20(19-23)8-7-17-27(24)25(28)31-22-11-9-21(29-3)10-12-22/h4-6,9-14,19H,1,7-8,15-18H2,2-3H3. The van der Waals surface area contributed by atoms with Crippen LogP contribution >= 0.6 is 0 Å². The SMILES string of the molecule is C=CCN(C)CC=CCOc1ccc2c(c1)CCCN2C(=O)Oc1ccc(OC)cc1. The molecule has 0 unspecified atom stereocenters. The molecule has 31 heavy (non-hydrogen) atoms. The van der Waals surface area contributed by atoms with Gasteiger partial charge in [0.25, 0.3) is 0 Å². The Labute approximate surface area is 184 Å². The molecule has 1 aliphatic heterocycles. The molecule has 6 nitrogen and oxygen atoms in total. The highest BCUT2D eigenvalue weighted by Crippen LogP contribution is 2.31. The van der Waals surface area contributed by atoms with Crippen molar-refractivity contribution in [3.63, 3.8) is 0 Å². The molecule has 0 radical (unpaired) electrons. The van der Waals surface area contributed by atoms with Gasteiger partial charge >= 0.3 is 6.09 Å². The summed E-state index contributed by atoms with van der Waals surface area (Å²) >= 11 is 0. The lowest BCUT2D eigenvalue weighted by atomic mass is 10.0. The van der Waals surface area contributed by atoms with Crippen molar-refractivity contribution in [2.75, 3.05) is 45.3 Å². The van der Waals surface area contributed by atoms with E-state index in [0.29, 0.717) is 24.7 Å². The number of rotatable bonds is 9. The number of nitrogens with zero attached hydrogens (tertiary/aromatic N) is 2. The third kappa shape index (κ3) is 6.36. The van der Waals surface area contributed by atoms with Crippen LogP contribution in [0.4, 0.5) is 10.5 Å². The summed E-state index contributed by atoms with van der Waals surface area (Å²) in [4.78, 5) is 16.6. The molecule has 0 N–H and O–H groups in total. The summed E-state index contributed by atoms with van der Waals surface area (Å²) in [5.41, 5.74) is 1.96. The van der Waals surface area contributed by atoms with E-state index in [0.717, 1.165) is 42.9 Å². The quantitative estimate of drug-likeness (QED) is 0.548. The first-order valence-electron chi connectivity index (χ1n) is 10.4. The fourth-order valence-electron chi connectivity index (χ4n) is 3.41. The lowest BCUT2D eigenvalue weighted by molar-refractivity contribution is 0.207. The second kappa shape index (κ2) is 11.2. The van der Waals surface area contributed by atoms with Crippen molar-refractivity contribution in [2.45, 2.75) is 12.8 Å². The van der Waals surface area contributed by atoms with Gasteiger partial charge in [-0.1, -0.05) is 18.2 Å². The van der Waals surface area contributed by atoms with E-state index in [1.165, 1.54) is 0 Å². The maximum Gasteiger partial charge on any atom is 0.419 e. The van der Waals surface area contributed by atoms with Crippen LogP contribution in [-0.4, -0.2) is 51.4 Å². The third-order valence-corrected chi connectivity index (χ3v) is 5.03. The topological polar surface area (TPSA) is 51.2 Å². The van der Waals surface area contributed by atoms with Crippen molar-refractivity contribution in [1.82, 2.24) is 4.90 Å². The fourth-order valence-corrected chi connectivity index (χ4v) is 3.41. The molecule has 1 amide bonds. The van der Waals surface area contributed by atoms with E-state index in [9.17, 15) is 4.79 Å². The Hall–Kier alpha value is -3.25. The van der Waals surface area contributed by atoms with Gasteiger partial charge in [0.05, 0.1) is 12.8 Å². The minimum atomic E-state index is -0.383. The van der Waals surface area contributed by atoms with Crippen LogP contribution in [0.2, 0.25) is 0 Å². The van der Waals surface area contributed by atoms with Crippen molar-refractivity contribution in [1.29, 1.82) is 0 Å². The summed E-state index contributed by atoms with van der Waals surface area (Å²) in [7, 11) is 3.64. The number of ether oxygens (including phenoxy) is 3. The summed E-state index contributed by atoms with van der Waals surface area (Å²) in [6, 6.07) is 12.8. The van der Waals surface area contributed by atoms with Crippen molar-refractivity contribution < 1.29 is 19.0 Å². The molecule has 0 spiro atoms. The van der Waals surface area contributed by atoms with Gasteiger partial charge in [-0.05, 0) is 67.9 Å². The van der Waals surface area contributed by atoms with Gasteiger partial charge in [0, 0.05) is 19.6 Å². The lowest BCUT2D eigenvalue weighted by Gasteiger charge is -2.29. The largest absolute Gasteiger partial charge is 0.497 e. The molecule has 0 saturated heterocycles. The molecule has 0 aromatic heterocycles. The zero-order valence-electron chi connectivity index (χ0n) is 18.3. The number of amides is 1. The van der Waals surface area contributed by atoms with E-state index in [4.69, 9.17) is 14.2 Å². The fraction of sp³-hybridized carbons (Fsp3) is 0.320. The highest BCUT2D eigenvalue weighted by Gasteiger charge is 2.24. The van der Waals surface area contributed by atoms with Crippen LogP contribution in [0.15, 0.2) is 67.3 Å². The molecule has 1 heterocycles. The van der Waals surface area contributed by atoms with E-state index < -0.39 is 0 Å². The number of hydrogen-bond donors (Lipinski definition) is 0. The summed E-state index contributed by atoms with van der Waals surface area (Å²) < 4.78 is 16.5. The van der Waals surface area contributed by atoms with Gasteiger partial charge in [-0.3, -0.25) is 9.80 Å². The number of methoxy groups -OCH3 is 1. The Balaban J connectivity index is 1.58. The highest BCUT2D eigenvalue weighted by molar-refractivity contribution is 5.90. The molecule has 1 aliphatic rings. The summed E-state index contributed by atoms with van der Waals surface area (Å²) in [6.45, 7) is 6.57. The normalized spacial score (nSPS) is 13.2. The van der Waals surface area contributed by atoms with Gasteiger partial charge in [0.1, 0.15) is 23.9 Å². The lowest BCUT2D eigenvalue weighted by Crippen LogP contribution is -2.37. The van der Waals surface area contributed by atoms with Crippen LogP contribution < -0.4 is 19.1 Å². The minimum Gasteiger partial charge on any atom is -0.497 e. The zero-order chi connectivity index (χ0) is 22.1. The molecular weight excluding hydrogens is 392 g/mol. The number of likely N-dealkylation sites (N-methyl/N-ethyl adjacent to an activating group) is 1. The first kappa shape index (κ1) is 22.4. The van der Waals surface area contributed by atoms with Crippen LogP contribution in [0, 0.1) is 0 Å². The molecule has 6 heteroatoms. The van der Waals surface area contributed by atoms with E-state index in [2.05, 4.69) is 17.6 Å². The number of fused-ring (bicyclic) bond motifs is 1. The Kier molecular flexibility index (Phi) is 8.12. The number of carbonyl (C=O) groups is 1. The van der Waals surface area contributed by atoms with E-state index in [1.807, 2.05) is 37.4 Å². The molecule has 0 aliphatic carbocycles. The minimum absolute atomic E-state index is 0.383. The number of carbonyl (C=O) groups excluding carboxylic acids is 1. The summed E-state index contributed by atoms with van der Waals surface area (Å²) in [5.74, 6) is 2.01. The van der Waals surface area contributed by atoms with Crippen LogP contribution in [-0.2, 0) is 6.42 Å². The highest BCUT2D eigenvalue weighted by atomic mass is 16.6. The van der Waals surface area contributed by atoms with Gasteiger partial charge in [-0.2, -0.15) is 0 Å². The molecule has 164 valence electrons. The van der Waals surface area contributed by atoms with Gasteiger partial charge in [0.2, 0.25) is 0 Å². The summed E-state index contributed by atoms with van der Waals surface area (Å²) in [5, 5.41) is 0. The Morgan fingerprint density at radius 3 is 2.58 bits per heavy atom. The van der Waals surface area contributed by atoms with Gasteiger partial charge in [-0.15, -0.1) is 6.58 Å². The predicted octanol–water partition coefficient (Wildman–Crippen LogP) is 4.70. The van der Waals surface area contributed by atoms with Gasteiger partial charge < -0.3 is 14.2 Å². The van der Waals surface area contributed by atoms with Gasteiger partial charge in [0.15, 0.2) is 0 Å². The van der Waals surface area contributed by atoms with Crippen LogP contribution in [0.3, 0.4) is 0 Å². The van der Waals surface area contributed by atoms with E-state index in [1.54, 1.807) is 36.3 Å². The smallest absolute Gasteiger partial charge is 0.419 e. The molecule has 0 atom stereocenters. The first-order chi connectivity index (χ1) is 15.1. The number of aryl methyl sites for hydroxylation is 1. The molecule has 0 fully saturated rings. The summed E-state index contributed by atoms with van der Waals surface area (Å²) in [6.07, 6.45) is 7.38. The third-order valence-electron chi connectivity index (χ3n) is 5.03. The number of hydrogen-bond acceptors (Lipinski definition) is 5. The molecular formula is C25H30N2O4. The predicted molar refractivity (Wildman–Crippen MR) is 123 cm³/mol. The van der Waals surface area contributed by atoms with Crippen molar-refractivity contribution in [2.24, 2.45) is 0 Å². The van der Waals surface area contributed by atoms with Crippen LogP contribution in [0.25, 0.3) is 0 Å². The van der Waals surface area contributed by atoms with E-state index in [-0.39, 0.29) is 6.09 Å². The first-order valence-corrected chi connectivity index (χ1v) is 10.4. The Morgan fingerprint density at radius 1 is 1.10 bits per heavy atom. The molecule has 0 saturated carbocycles. The van der Waals surface area contributed by atoms with Crippen molar-refractivity contribution in [3.8, 4) is 17.2 Å². The van der Waals surface area contributed by atoms with Crippen molar-refractivity contribution >= 4 is 11.8 Å². The molecule has 3 rings (SSSR count). The maximum atomic E-state index is 12.7. The monoisotopic (exact) mass is 422 g/mol. The van der Waals surface area contributed by atoms with Crippen molar-refractivity contribution in [3.05, 3.63) is 72.8 Å². The average Bonchev–Trinajstić information content (AvgIpc) is 2.79. The number of benzene rings is 2.